The fraction of sp³-hybridized carbons (Fsp3) is 0.667. The molecular weight excluding hydrogens is 502 g/mol. The standard InChI is InChI=1S/C29H47N3O4.2C2H6/c1-7-9-10-18-36-27-16-14-25(13-15-26(27)35-6)32(17-8-2)29(34)30-21-24-12-11-23(19-22(24)3)20-28(33)31(4)5;2*1-2/h11-15,19,22,24,29-30,34H,7-10,16-18,20-21H2,1-6H3;2*1-2H3/t22?,24-,29?;;/m0../s1. The molecule has 0 aromatic carbocycles. The van der Waals surface area contributed by atoms with Crippen molar-refractivity contribution in [1.82, 2.24) is 15.1 Å². The van der Waals surface area contributed by atoms with Crippen LogP contribution in [0.15, 0.2) is 59.2 Å². The summed E-state index contributed by atoms with van der Waals surface area (Å²) in [5.74, 6) is 2.18. The lowest BCUT2D eigenvalue weighted by molar-refractivity contribution is -0.127. The highest BCUT2D eigenvalue weighted by atomic mass is 16.5. The van der Waals surface area contributed by atoms with Crippen molar-refractivity contribution in [3.8, 4) is 0 Å². The van der Waals surface area contributed by atoms with Gasteiger partial charge in [-0.2, -0.15) is 0 Å². The van der Waals surface area contributed by atoms with Crippen LogP contribution in [0.5, 0.6) is 0 Å². The zero-order chi connectivity index (χ0) is 30.5. The van der Waals surface area contributed by atoms with Gasteiger partial charge in [0.1, 0.15) is 5.76 Å². The second-order valence-corrected chi connectivity index (χ2v) is 9.78. The van der Waals surface area contributed by atoms with E-state index in [-0.39, 0.29) is 17.7 Å². The third-order valence-electron chi connectivity index (χ3n) is 6.61. The SMILES string of the molecule is CC.CC.CCCCCOC1=C(OC)C=CC(N(CCC)C(O)NC[C@@H]2C=CC(CC(=O)N(C)C)=CC2C)=CC1. The van der Waals surface area contributed by atoms with Gasteiger partial charge in [-0.05, 0) is 42.4 Å². The molecule has 0 fully saturated rings. The Morgan fingerprint density at radius 1 is 1.10 bits per heavy atom. The molecule has 2 aliphatic rings. The third-order valence-corrected chi connectivity index (χ3v) is 6.61. The third kappa shape index (κ3) is 13.2. The normalized spacial score (nSPS) is 18.7. The van der Waals surface area contributed by atoms with Crippen molar-refractivity contribution < 1.29 is 19.4 Å². The van der Waals surface area contributed by atoms with Gasteiger partial charge in [0.05, 0.1) is 20.1 Å². The molecule has 1 amide bonds. The molecule has 7 heteroatoms. The first-order valence-corrected chi connectivity index (χ1v) is 15.4. The lowest BCUT2D eigenvalue weighted by Gasteiger charge is -2.33. The predicted octanol–water partition coefficient (Wildman–Crippen LogP) is 6.75. The van der Waals surface area contributed by atoms with Crippen LogP contribution in [0.3, 0.4) is 0 Å². The second kappa shape index (κ2) is 22.2. The number of methoxy groups -OCH3 is 1. The first-order valence-electron chi connectivity index (χ1n) is 15.4. The Hall–Kier alpha value is -2.51. The Morgan fingerprint density at radius 2 is 1.80 bits per heavy atom. The number of unbranched alkanes of at least 4 members (excludes halogenated alkanes) is 2. The van der Waals surface area contributed by atoms with Crippen LogP contribution >= 0.6 is 0 Å². The number of nitrogens with one attached hydrogen (secondary N) is 1. The maximum atomic E-state index is 12.0. The lowest BCUT2D eigenvalue weighted by Crippen LogP contribution is -2.47. The number of nitrogens with zero attached hydrogens (tertiary/aromatic N) is 2. The molecule has 0 aliphatic heterocycles. The van der Waals surface area contributed by atoms with Gasteiger partial charge in [-0.1, -0.05) is 85.6 Å². The molecule has 0 aromatic heterocycles. The Morgan fingerprint density at radius 3 is 2.38 bits per heavy atom. The highest BCUT2D eigenvalue weighted by molar-refractivity contribution is 5.78. The lowest BCUT2D eigenvalue weighted by atomic mass is 9.86. The summed E-state index contributed by atoms with van der Waals surface area (Å²) in [5, 5.41) is 14.4. The van der Waals surface area contributed by atoms with E-state index in [0.29, 0.717) is 32.5 Å². The summed E-state index contributed by atoms with van der Waals surface area (Å²) in [6.07, 6.45) is 16.8. The minimum absolute atomic E-state index is 0.102. The van der Waals surface area contributed by atoms with E-state index in [4.69, 9.17) is 9.47 Å². The molecule has 230 valence electrons. The fourth-order valence-corrected chi connectivity index (χ4v) is 4.32. The van der Waals surface area contributed by atoms with Gasteiger partial charge in [-0.15, -0.1) is 0 Å². The van der Waals surface area contributed by atoms with Crippen LogP contribution in [-0.4, -0.2) is 68.1 Å². The van der Waals surface area contributed by atoms with Gasteiger partial charge in [-0.25, -0.2) is 0 Å². The van der Waals surface area contributed by atoms with Crippen LogP contribution in [0, 0.1) is 11.8 Å². The summed E-state index contributed by atoms with van der Waals surface area (Å²) in [7, 11) is 5.22. The van der Waals surface area contributed by atoms with E-state index in [1.807, 2.05) is 50.8 Å². The van der Waals surface area contributed by atoms with Crippen LogP contribution < -0.4 is 5.32 Å². The molecule has 7 nitrogen and oxygen atoms in total. The Bertz CT molecular complexity index is 858. The zero-order valence-electron chi connectivity index (χ0n) is 27.1. The minimum Gasteiger partial charge on any atom is -0.494 e. The van der Waals surface area contributed by atoms with Crippen molar-refractivity contribution >= 4 is 5.91 Å². The van der Waals surface area contributed by atoms with Crippen molar-refractivity contribution in [2.75, 3.05) is 40.9 Å². The molecular formula is C33H59N3O4. The number of amides is 1. The molecule has 0 radical (unpaired) electrons. The first-order chi connectivity index (χ1) is 19.3. The van der Waals surface area contributed by atoms with E-state index >= 15 is 0 Å². The van der Waals surface area contributed by atoms with Gasteiger partial charge in [-0.3, -0.25) is 10.1 Å². The van der Waals surface area contributed by atoms with Crippen molar-refractivity contribution in [2.45, 2.75) is 93.3 Å². The molecule has 2 rings (SSSR count). The van der Waals surface area contributed by atoms with Crippen molar-refractivity contribution in [2.24, 2.45) is 11.8 Å². The highest BCUT2D eigenvalue weighted by Gasteiger charge is 2.23. The molecule has 0 saturated carbocycles. The number of hydrogen-bond donors (Lipinski definition) is 2. The number of carbonyl (C=O) groups is 1. The average molecular weight is 562 g/mol. The summed E-state index contributed by atoms with van der Waals surface area (Å²) in [6.45, 7) is 16.5. The van der Waals surface area contributed by atoms with E-state index in [2.05, 4.69) is 44.3 Å². The maximum Gasteiger partial charge on any atom is 0.226 e. The van der Waals surface area contributed by atoms with Gasteiger partial charge < -0.3 is 24.4 Å². The van der Waals surface area contributed by atoms with Gasteiger partial charge in [0.25, 0.3) is 0 Å². The Balaban J connectivity index is 0.00000363. The van der Waals surface area contributed by atoms with Gasteiger partial charge in [0.15, 0.2) is 12.1 Å². The molecule has 0 aromatic rings. The highest BCUT2D eigenvalue weighted by Crippen LogP contribution is 2.26. The molecule has 2 N–H and O–H groups in total. The number of rotatable bonds is 15. The molecule has 0 heterocycles. The number of allylic oxidation sites excluding steroid dienone is 5. The van der Waals surface area contributed by atoms with Crippen molar-refractivity contribution in [1.29, 1.82) is 0 Å². The van der Waals surface area contributed by atoms with E-state index in [1.165, 1.54) is 0 Å². The van der Waals surface area contributed by atoms with Crippen molar-refractivity contribution in [3.05, 3.63) is 59.2 Å². The average Bonchev–Trinajstić information content (AvgIpc) is 3.17. The first kappa shape index (κ1) is 37.5. The predicted molar refractivity (Wildman–Crippen MR) is 168 cm³/mol. The van der Waals surface area contributed by atoms with Crippen LogP contribution in [-0.2, 0) is 14.3 Å². The molecule has 2 unspecified atom stereocenters. The topological polar surface area (TPSA) is 74.3 Å². The van der Waals surface area contributed by atoms with E-state index in [9.17, 15) is 9.90 Å². The summed E-state index contributed by atoms with van der Waals surface area (Å²) >= 11 is 0. The monoisotopic (exact) mass is 561 g/mol. The number of aliphatic hydroxyl groups excluding tert-OH is 1. The maximum absolute atomic E-state index is 12.0. The zero-order valence-corrected chi connectivity index (χ0v) is 27.1. The molecule has 2 aliphatic carbocycles. The van der Waals surface area contributed by atoms with E-state index in [1.54, 1.807) is 26.1 Å². The van der Waals surface area contributed by atoms with Gasteiger partial charge in [0.2, 0.25) is 5.91 Å². The number of carbonyl (C=O) groups excluding carboxylic acids is 1. The molecule has 0 spiro atoms. The smallest absolute Gasteiger partial charge is 0.226 e. The van der Waals surface area contributed by atoms with Crippen LogP contribution in [0.4, 0.5) is 0 Å². The fourth-order valence-electron chi connectivity index (χ4n) is 4.32. The van der Waals surface area contributed by atoms with E-state index < -0.39 is 6.35 Å². The molecule has 3 atom stereocenters. The summed E-state index contributed by atoms with van der Waals surface area (Å²) < 4.78 is 11.6. The molecule has 40 heavy (non-hydrogen) atoms. The van der Waals surface area contributed by atoms with Gasteiger partial charge in [0, 0.05) is 39.3 Å². The number of aliphatic hydroxyl groups is 1. The van der Waals surface area contributed by atoms with Crippen LogP contribution in [0.25, 0.3) is 0 Å². The Kier molecular flexibility index (Phi) is 20.8. The number of ether oxygens (including phenoxy) is 2. The molecule has 0 bridgehead atoms. The largest absolute Gasteiger partial charge is 0.494 e. The van der Waals surface area contributed by atoms with Crippen LogP contribution in [0.2, 0.25) is 0 Å². The van der Waals surface area contributed by atoms with E-state index in [0.717, 1.165) is 48.5 Å². The van der Waals surface area contributed by atoms with Crippen molar-refractivity contribution in [3.63, 3.8) is 0 Å². The molecule has 0 saturated heterocycles. The van der Waals surface area contributed by atoms with Crippen LogP contribution in [0.1, 0.15) is 87.0 Å². The Labute approximate surface area is 245 Å². The van der Waals surface area contributed by atoms with Gasteiger partial charge >= 0.3 is 0 Å². The summed E-state index contributed by atoms with van der Waals surface area (Å²) in [6, 6.07) is 0. The summed E-state index contributed by atoms with van der Waals surface area (Å²) in [4.78, 5) is 15.6. The summed E-state index contributed by atoms with van der Waals surface area (Å²) in [5.41, 5.74) is 1.99. The second-order valence-electron chi connectivity index (χ2n) is 9.78. The number of hydrogen-bond acceptors (Lipinski definition) is 6. The quantitative estimate of drug-likeness (QED) is 0.170. The minimum atomic E-state index is -0.819.